The predicted octanol–water partition coefficient (Wildman–Crippen LogP) is 1.52. The molecule has 1 rings (SSSR count). The Bertz CT molecular complexity index is 457. The van der Waals surface area contributed by atoms with Gasteiger partial charge in [-0.05, 0) is 18.1 Å². The molecule has 18 heavy (non-hydrogen) atoms. The van der Waals surface area contributed by atoms with Gasteiger partial charge >= 0.3 is 5.97 Å². The van der Waals surface area contributed by atoms with Gasteiger partial charge in [0.25, 0.3) is 0 Å². The zero-order chi connectivity index (χ0) is 13.9. The molecule has 0 saturated carbocycles. The molecule has 0 spiro atoms. The Morgan fingerprint density at radius 1 is 1.44 bits per heavy atom. The first-order valence-electron chi connectivity index (χ1n) is 5.74. The maximum atomic E-state index is 11.3. The summed E-state index contributed by atoms with van der Waals surface area (Å²) in [5.41, 5.74) is 6.76. The molecule has 0 unspecified atom stereocenters. The van der Waals surface area contributed by atoms with E-state index in [1.54, 1.807) is 30.1 Å². The van der Waals surface area contributed by atoms with Gasteiger partial charge in [-0.25, -0.2) is 4.79 Å². The molecule has 0 aliphatic carbocycles. The van der Waals surface area contributed by atoms with Gasteiger partial charge in [0.15, 0.2) is 0 Å². The zero-order valence-electron chi connectivity index (χ0n) is 10.8. The number of hydrogen-bond donors (Lipinski definition) is 3. The summed E-state index contributed by atoms with van der Waals surface area (Å²) in [7, 11) is 1.73. The Labute approximate surface area is 107 Å². The van der Waals surface area contributed by atoms with Crippen LogP contribution in [0, 0.1) is 11.3 Å². The summed E-state index contributed by atoms with van der Waals surface area (Å²) < 4.78 is 0. The van der Waals surface area contributed by atoms with Crippen LogP contribution in [0.2, 0.25) is 0 Å². The number of nitrogens with zero attached hydrogens (tertiary/aromatic N) is 1. The number of nitrogens with one attached hydrogen (secondary N) is 1. The van der Waals surface area contributed by atoms with Crippen molar-refractivity contribution in [3.63, 3.8) is 0 Å². The van der Waals surface area contributed by atoms with E-state index in [1.807, 2.05) is 19.9 Å². The number of carboxylic acid groups (broad SMARTS) is 1. The van der Waals surface area contributed by atoms with Gasteiger partial charge in [-0.2, -0.15) is 0 Å². The van der Waals surface area contributed by atoms with Gasteiger partial charge in [0.2, 0.25) is 0 Å². The van der Waals surface area contributed by atoms with Crippen molar-refractivity contribution < 1.29 is 9.90 Å². The molecular formula is C13H19N3O2. The Hall–Kier alpha value is -2.04. The maximum absolute atomic E-state index is 11.3. The number of anilines is 1. The summed E-state index contributed by atoms with van der Waals surface area (Å²) in [6, 6.07) is 6.42. The normalized spacial score (nSPS) is 12.2. The lowest BCUT2D eigenvalue weighted by molar-refractivity contribution is -0.139. The molecule has 0 aliphatic heterocycles. The molecule has 0 fully saturated rings. The zero-order valence-corrected chi connectivity index (χ0v) is 10.8. The SMILES string of the molecule is CC(C)[C@@H](C(=O)O)N(C)c1cccc(C(=N)N)c1. The summed E-state index contributed by atoms with van der Waals surface area (Å²) in [5.74, 6) is -0.907. The van der Waals surface area contributed by atoms with Gasteiger partial charge in [0.05, 0.1) is 0 Å². The van der Waals surface area contributed by atoms with Crippen LogP contribution in [0.15, 0.2) is 24.3 Å². The van der Waals surface area contributed by atoms with Crippen molar-refractivity contribution in [2.75, 3.05) is 11.9 Å². The highest BCUT2D eigenvalue weighted by Gasteiger charge is 2.26. The third-order valence-corrected chi connectivity index (χ3v) is 2.87. The first kappa shape index (κ1) is 14.0. The second-order valence-electron chi connectivity index (χ2n) is 4.60. The van der Waals surface area contributed by atoms with E-state index in [-0.39, 0.29) is 11.8 Å². The van der Waals surface area contributed by atoms with E-state index in [0.29, 0.717) is 5.56 Å². The Kier molecular flexibility index (Phi) is 4.31. The van der Waals surface area contributed by atoms with Crippen LogP contribution >= 0.6 is 0 Å². The van der Waals surface area contributed by atoms with Crippen LogP contribution in [0.3, 0.4) is 0 Å². The van der Waals surface area contributed by atoms with Crippen LogP contribution in [0.25, 0.3) is 0 Å². The molecule has 1 aromatic rings. The number of carbonyl (C=O) groups is 1. The van der Waals surface area contributed by atoms with Crippen molar-refractivity contribution in [1.82, 2.24) is 0 Å². The second-order valence-corrected chi connectivity index (χ2v) is 4.60. The van der Waals surface area contributed by atoms with Gasteiger partial charge < -0.3 is 15.7 Å². The molecule has 5 heteroatoms. The third-order valence-electron chi connectivity index (χ3n) is 2.87. The molecule has 98 valence electrons. The monoisotopic (exact) mass is 249 g/mol. The summed E-state index contributed by atoms with van der Waals surface area (Å²) >= 11 is 0. The molecule has 0 bridgehead atoms. The standard InChI is InChI=1S/C13H19N3O2/c1-8(2)11(13(17)18)16(3)10-6-4-5-9(7-10)12(14)15/h4-8,11H,1-3H3,(H3,14,15)(H,17,18)/t11-/m0/s1. The molecule has 4 N–H and O–H groups in total. The van der Waals surface area contributed by atoms with Crippen molar-refractivity contribution >= 4 is 17.5 Å². The van der Waals surface area contributed by atoms with E-state index in [4.69, 9.17) is 11.1 Å². The second kappa shape index (κ2) is 5.53. The van der Waals surface area contributed by atoms with Gasteiger partial charge in [0.1, 0.15) is 11.9 Å². The number of carboxylic acids is 1. The molecule has 0 saturated heterocycles. The minimum absolute atomic E-state index is 0.0199. The van der Waals surface area contributed by atoms with E-state index >= 15 is 0 Å². The number of nitrogen functional groups attached to an aromatic ring is 1. The summed E-state index contributed by atoms with van der Waals surface area (Å²) in [4.78, 5) is 13.0. The smallest absolute Gasteiger partial charge is 0.326 e. The minimum atomic E-state index is -0.860. The summed E-state index contributed by atoms with van der Waals surface area (Å²) in [5, 5.41) is 16.6. The lowest BCUT2D eigenvalue weighted by Crippen LogP contribution is -2.42. The quantitative estimate of drug-likeness (QED) is 0.545. The Morgan fingerprint density at radius 2 is 2.06 bits per heavy atom. The fraction of sp³-hybridized carbons (Fsp3) is 0.385. The van der Waals surface area contributed by atoms with Crippen LogP contribution in [0.4, 0.5) is 5.69 Å². The highest BCUT2D eigenvalue weighted by atomic mass is 16.4. The maximum Gasteiger partial charge on any atom is 0.326 e. The number of hydrogen-bond acceptors (Lipinski definition) is 3. The van der Waals surface area contributed by atoms with Crippen LogP contribution in [0.1, 0.15) is 19.4 Å². The molecule has 1 atom stereocenters. The lowest BCUT2D eigenvalue weighted by atomic mass is 10.0. The molecule has 0 aromatic heterocycles. The van der Waals surface area contributed by atoms with Crippen molar-refractivity contribution in [3.05, 3.63) is 29.8 Å². The van der Waals surface area contributed by atoms with Gasteiger partial charge in [0, 0.05) is 18.3 Å². The van der Waals surface area contributed by atoms with Crippen molar-refractivity contribution in [2.45, 2.75) is 19.9 Å². The van der Waals surface area contributed by atoms with Crippen LogP contribution in [0.5, 0.6) is 0 Å². The molecule has 0 amide bonds. The highest BCUT2D eigenvalue weighted by molar-refractivity contribution is 5.96. The average Bonchev–Trinajstić information content (AvgIpc) is 2.28. The van der Waals surface area contributed by atoms with E-state index < -0.39 is 12.0 Å². The van der Waals surface area contributed by atoms with Crippen LogP contribution < -0.4 is 10.6 Å². The molecule has 0 radical (unpaired) electrons. The first-order chi connectivity index (χ1) is 8.34. The average molecular weight is 249 g/mol. The van der Waals surface area contributed by atoms with Gasteiger partial charge in [-0.1, -0.05) is 26.0 Å². The number of likely N-dealkylation sites (N-methyl/N-ethyl adjacent to an activating group) is 1. The largest absolute Gasteiger partial charge is 0.480 e. The predicted molar refractivity (Wildman–Crippen MR) is 72.1 cm³/mol. The molecule has 5 nitrogen and oxygen atoms in total. The Balaban J connectivity index is 3.08. The molecular weight excluding hydrogens is 230 g/mol. The fourth-order valence-corrected chi connectivity index (χ4v) is 1.95. The lowest BCUT2D eigenvalue weighted by Gasteiger charge is -2.29. The number of nitrogens with two attached hydrogens (primary N) is 1. The van der Waals surface area contributed by atoms with E-state index in [0.717, 1.165) is 5.69 Å². The molecule has 0 heterocycles. The van der Waals surface area contributed by atoms with Gasteiger partial charge in [-0.15, -0.1) is 0 Å². The van der Waals surface area contributed by atoms with Crippen LogP contribution in [-0.2, 0) is 4.79 Å². The Morgan fingerprint density at radius 3 is 2.50 bits per heavy atom. The number of amidine groups is 1. The van der Waals surface area contributed by atoms with Gasteiger partial charge in [-0.3, -0.25) is 5.41 Å². The molecule has 0 aliphatic rings. The van der Waals surface area contributed by atoms with E-state index in [2.05, 4.69) is 0 Å². The van der Waals surface area contributed by atoms with Crippen molar-refractivity contribution in [2.24, 2.45) is 11.7 Å². The van der Waals surface area contributed by atoms with Crippen molar-refractivity contribution in [1.29, 1.82) is 5.41 Å². The fourth-order valence-electron chi connectivity index (χ4n) is 1.95. The third kappa shape index (κ3) is 3.00. The molecule has 1 aromatic carbocycles. The highest BCUT2D eigenvalue weighted by Crippen LogP contribution is 2.20. The topological polar surface area (TPSA) is 90.4 Å². The van der Waals surface area contributed by atoms with Crippen molar-refractivity contribution in [3.8, 4) is 0 Å². The number of benzene rings is 1. The first-order valence-corrected chi connectivity index (χ1v) is 5.74. The number of aliphatic carboxylic acids is 1. The van der Waals surface area contributed by atoms with E-state index in [9.17, 15) is 9.90 Å². The minimum Gasteiger partial charge on any atom is -0.480 e. The van der Waals surface area contributed by atoms with E-state index in [1.165, 1.54) is 0 Å². The van der Waals surface area contributed by atoms with Crippen LogP contribution in [-0.4, -0.2) is 30.0 Å². The summed E-state index contributed by atoms with van der Waals surface area (Å²) in [6.45, 7) is 3.73. The summed E-state index contributed by atoms with van der Waals surface area (Å²) in [6.07, 6.45) is 0. The number of rotatable bonds is 5.